The van der Waals surface area contributed by atoms with Gasteiger partial charge in [0, 0.05) is 55.4 Å². The number of para-hydroxylation sites is 1. The van der Waals surface area contributed by atoms with Gasteiger partial charge in [0.2, 0.25) is 11.9 Å². The predicted molar refractivity (Wildman–Crippen MR) is 164 cm³/mol. The first-order valence-electron chi connectivity index (χ1n) is 13.8. The third-order valence-electron chi connectivity index (χ3n) is 7.46. The highest BCUT2D eigenvalue weighted by Gasteiger charge is 2.23. The number of nitrogens with one attached hydrogen (secondary N) is 2. The van der Waals surface area contributed by atoms with E-state index in [0.29, 0.717) is 36.3 Å². The number of anilines is 4. The fourth-order valence-corrected chi connectivity index (χ4v) is 5.09. The zero-order valence-electron chi connectivity index (χ0n) is 24.1. The van der Waals surface area contributed by atoms with Crippen molar-refractivity contribution in [1.29, 1.82) is 0 Å². The average molecular weight is 556 g/mol. The van der Waals surface area contributed by atoms with Crippen LogP contribution in [0.5, 0.6) is 5.75 Å². The molecule has 0 atom stereocenters. The minimum Gasteiger partial charge on any atom is -0.494 e. The third kappa shape index (κ3) is 5.89. The van der Waals surface area contributed by atoms with Gasteiger partial charge < -0.3 is 34.5 Å². The minimum atomic E-state index is -0.299. The van der Waals surface area contributed by atoms with E-state index in [1.807, 2.05) is 31.3 Å². The molecule has 1 aliphatic heterocycles. The second-order valence-corrected chi connectivity index (χ2v) is 10.0. The largest absolute Gasteiger partial charge is 0.494 e. The van der Waals surface area contributed by atoms with Crippen LogP contribution < -0.4 is 20.3 Å². The molecule has 0 spiro atoms. The second-order valence-electron chi connectivity index (χ2n) is 10.0. The molecule has 0 unspecified atom stereocenters. The Morgan fingerprint density at radius 1 is 1.20 bits per heavy atom. The number of likely N-dealkylation sites (N-methyl/N-ethyl adjacent to an activating group) is 2. The quantitative estimate of drug-likeness (QED) is 0.253. The lowest BCUT2D eigenvalue weighted by Gasteiger charge is -2.26. The molecule has 2 aromatic carbocycles. The molecule has 10 nitrogen and oxygen atoms in total. The Bertz CT molecular complexity index is 1570. The van der Waals surface area contributed by atoms with E-state index in [2.05, 4.69) is 68.7 Å². The van der Waals surface area contributed by atoms with Gasteiger partial charge in [-0.15, -0.1) is 0 Å². The van der Waals surface area contributed by atoms with Crippen LogP contribution in [0.25, 0.3) is 22.2 Å². The number of rotatable bonds is 11. The topological polar surface area (TPSA) is 96.8 Å². The zero-order chi connectivity index (χ0) is 28.9. The van der Waals surface area contributed by atoms with Crippen LogP contribution in [0.2, 0.25) is 0 Å². The van der Waals surface area contributed by atoms with Crippen molar-refractivity contribution in [3.05, 3.63) is 67.0 Å². The van der Waals surface area contributed by atoms with E-state index < -0.39 is 0 Å². The molecule has 4 aromatic rings. The second kappa shape index (κ2) is 12.4. The Morgan fingerprint density at radius 2 is 2.02 bits per heavy atom. The van der Waals surface area contributed by atoms with Crippen LogP contribution in [0, 0.1) is 0 Å². The lowest BCUT2D eigenvalue weighted by Crippen LogP contribution is -2.31. The Kier molecular flexibility index (Phi) is 8.51. The highest BCUT2D eigenvalue weighted by molar-refractivity contribution is 6.02. The van der Waals surface area contributed by atoms with Gasteiger partial charge in [-0.3, -0.25) is 4.79 Å². The summed E-state index contributed by atoms with van der Waals surface area (Å²) in [4.78, 5) is 26.1. The summed E-state index contributed by atoms with van der Waals surface area (Å²) in [6.07, 6.45) is 3.00. The number of carbonyl (C=O) groups excluding carboxylic acids is 1. The molecular weight excluding hydrogens is 518 g/mol. The number of amides is 1. The highest BCUT2D eigenvalue weighted by Crippen LogP contribution is 2.39. The summed E-state index contributed by atoms with van der Waals surface area (Å²) in [5, 5.41) is 7.40. The maximum atomic E-state index is 12.3. The van der Waals surface area contributed by atoms with Crippen molar-refractivity contribution in [3.8, 4) is 17.0 Å². The van der Waals surface area contributed by atoms with E-state index in [1.165, 1.54) is 11.6 Å². The lowest BCUT2D eigenvalue weighted by atomic mass is 10.1. The SMILES string of the molecule is C=CC(=O)Nc1cc(Nc2nccc(-c3c4n(c5ccccc35)CCOC4)n2)c(OC)cc1N(C)CCN(C)CC. The Balaban J connectivity index is 1.51. The molecular formula is C31H37N7O3. The summed E-state index contributed by atoms with van der Waals surface area (Å²) in [5.41, 5.74) is 6.20. The number of fused-ring (bicyclic) bond motifs is 3. The van der Waals surface area contributed by atoms with Crippen molar-refractivity contribution in [2.75, 3.05) is 63.0 Å². The lowest BCUT2D eigenvalue weighted by molar-refractivity contribution is -0.111. The van der Waals surface area contributed by atoms with Gasteiger partial charge in [0.15, 0.2) is 0 Å². The van der Waals surface area contributed by atoms with E-state index >= 15 is 0 Å². The molecule has 5 rings (SSSR count). The van der Waals surface area contributed by atoms with Crippen molar-refractivity contribution in [2.24, 2.45) is 0 Å². The van der Waals surface area contributed by atoms with Gasteiger partial charge in [0.25, 0.3) is 0 Å². The van der Waals surface area contributed by atoms with Crippen molar-refractivity contribution in [2.45, 2.75) is 20.1 Å². The summed E-state index contributed by atoms with van der Waals surface area (Å²) >= 11 is 0. The summed E-state index contributed by atoms with van der Waals surface area (Å²) in [7, 11) is 5.69. The number of ether oxygens (including phenoxy) is 2. The summed E-state index contributed by atoms with van der Waals surface area (Å²) in [6, 6.07) is 14.0. The maximum absolute atomic E-state index is 12.3. The molecule has 41 heavy (non-hydrogen) atoms. The molecule has 3 heterocycles. The van der Waals surface area contributed by atoms with Crippen molar-refractivity contribution in [3.63, 3.8) is 0 Å². The Hall–Kier alpha value is -4.41. The van der Waals surface area contributed by atoms with E-state index in [9.17, 15) is 4.79 Å². The van der Waals surface area contributed by atoms with Gasteiger partial charge in [-0.25, -0.2) is 9.97 Å². The van der Waals surface area contributed by atoms with Gasteiger partial charge in [0.1, 0.15) is 5.75 Å². The van der Waals surface area contributed by atoms with Crippen LogP contribution in [-0.2, 0) is 22.7 Å². The molecule has 1 aliphatic rings. The highest BCUT2D eigenvalue weighted by atomic mass is 16.5. The molecule has 0 radical (unpaired) electrons. The van der Waals surface area contributed by atoms with Crippen LogP contribution >= 0.6 is 0 Å². The Morgan fingerprint density at radius 3 is 2.80 bits per heavy atom. The fraction of sp³-hybridized carbons (Fsp3) is 0.323. The smallest absolute Gasteiger partial charge is 0.247 e. The van der Waals surface area contributed by atoms with E-state index in [4.69, 9.17) is 14.5 Å². The average Bonchev–Trinajstić information content (AvgIpc) is 3.34. The molecule has 0 saturated heterocycles. The van der Waals surface area contributed by atoms with Gasteiger partial charge in [0.05, 0.1) is 48.8 Å². The standard InChI is InChI=1S/C31H37N7O3/c1-6-29(39)33-23-18-24(28(40-5)19-26(23)37(4)15-14-36(3)7-2)35-31-32-13-12-22(34-31)30-21-10-8-9-11-25(21)38-16-17-41-20-27(30)38/h6,8-13,18-19H,1,7,14-17,20H2,2-5H3,(H,33,39)(H,32,34,35). The van der Waals surface area contributed by atoms with Gasteiger partial charge in [-0.2, -0.15) is 0 Å². The zero-order valence-corrected chi connectivity index (χ0v) is 24.1. The first-order valence-corrected chi connectivity index (χ1v) is 13.8. The molecule has 0 bridgehead atoms. The number of hydrogen-bond acceptors (Lipinski definition) is 8. The van der Waals surface area contributed by atoms with E-state index in [1.54, 1.807) is 13.3 Å². The molecule has 214 valence electrons. The molecule has 2 N–H and O–H groups in total. The third-order valence-corrected chi connectivity index (χ3v) is 7.46. The number of methoxy groups -OCH3 is 1. The first-order chi connectivity index (χ1) is 19.9. The molecule has 1 amide bonds. The van der Waals surface area contributed by atoms with Gasteiger partial charge in [-0.05, 0) is 37.9 Å². The van der Waals surface area contributed by atoms with Gasteiger partial charge >= 0.3 is 0 Å². The van der Waals surface area contributed by atoms with Crippen LogP contribution in [0.3, 0.4) is 0 Å². The normalized spacial score (nSPS) is 12.7. The van der Waals surface area contributed by atoms with E-state index in [-0.39, 0.29) is 5.91 Å². The summed E-state index contributed by atoms with van der Waals surface area (Å²) in [5.74, 6) is 0.710. The van der Waals surface area contributed by atoms with Crippen LogP contribution in [0.1, 0.15) is 12.6 Å². The van der Waals surface area contributed by atoms with Crippen LogP contribution in [0.4, 0.5) is 23.0 Å². The van der Waals surface area contributed by atoms with Crippen molar-refractivity contribution in [1.82, 2.24) is 19.4 Å². The monoisotopic (exact) mass is 555 g/mol. The van der Waals surface area contributed by atoms with Gasteiger partial charge in [-0.1, -0.05) is 31.7 Å². The van der Waals surface area contributed by atoms with Crippen molar-refractivity contribution >= 4 is 39.8 Å². The first kappa shape index (κ1) is 28.1. The minimum absolute atomic E-state index is 0.299. The van der Waals surface area contributed by atoms with Crippen molar-refractivity contribution < 1.29 is 14.3 Å². The predicted octanol–water partition coefficient (Wildman–Crippen LogP) is 4.89. The van der Waals surface area contributed by atoms with Crippen LogP contribution in [0.15, 0.2) is 61.3 Å². The number of nitrogens with zero attached hydrogens (tertiary/aromatic N) is 5. The molecule has 0 fully saturated rings. The summed E-state index contributed by atoms with van der Waals surface area (Å²) < 4.78 is 13.9. The molecule has 0 saturated carbocycles. The van der Waals surface area contributed by atoms with Crippen LogP contribution in [-0.4, -0.2) is 72.8 Å². The number of aromatic nitrogens is 3. The number of hydrogen-bond donors (Lipinski definition) is 2. The maximum Gasteiger partial charge on any atom is 0.247 e. The molecule has 10 heteroatoms. The molecule has 2 aromatic heterocycles. The molecule has 0 aliphatic carbocycles. The Labute approximate surface area is 240 Å². The van der Waals surface area contributed by atoms with E-state index in [0.717, 1.165) is 54.2 Å². The summed E-state index contributed by atoms with van der Waals surface area (Å²) in [6.45, 7) is 10.3. The number of carbonyl (C=O) groups is 1. The number of benzene rings is 2. The fourth-order valence-electron chi connectivity index (χ4n) is 5.09.